The second kappa shape index (κ2) is 77.8. The fraction of sp³-hybridized carbons (Fsp3) is 0.951. The maximum Gasteiger partial charge on any atom is 0.305 e. The number of carbonyl (C=O) groups is 4. The van der Waals surface area contributed by atoms with E-state index in [-0.39, 0.29) is 50.3 Å². The van der Waals surface area contributed by atoms with Crippen LogP contribution in [-0.4, -0.2) is 99.4 Å². The van der Waals surface area contributed by atoms with E-state index in [2.05, 4.69) is 37.5 Å². The first-order valence-corrected chi connectivity index (χ1v) is 41.4. The Kier molecular flexibility index (Phi) is 75.9. The lowest BCUT2D eigenvalue weighted by Gasteiger charge is -2.27. The Morgan fingerprint density at radius 1 is 0.174 bits per heavy atom. The Bertz CT molecular complexity index is 1280. The van der Waals surface area contributed by atoms with Gasteiger partial charge in [0.1, 0.15) is 26.4 Å². The second-order valence-electron chi connectivity index (χ2n) is 28.4. The van der Waals surface area contributed by atoms with E-state index in [4.69, 9.17) is 18.9 Å². The third kappa shape index (κ3) is 73.6. The summed E-state index contributed by atoms with van der Waals surface area (Å²) >= 11 is 0. The van der Waals surface area contributed by atoms with Gasteiger partial charge in [-0.3, -0.25) is 29.0 Å². The number of carbonyl (C=O) groups excluding carboxylic acids is 4. The van der Waals surface area contributed by atoms with Crippen LogP contribution in [0, 0.1) is 0 Å². The van der Waals surface area contributed by atoms with Crippen LogP contribution in [0.1, 0.15) is 439 Å². The van der Waals surface area contributed by atoms with Crippen molar-refractivity contribution in [2.24, 2.45) is 0 Å². The van der Waals surface area contributed by atoms with Crippen LogP contribution in [-0.2, 0) is 38.1 Å². The van der Waals surface area contributed by atoms with Gasteiger partial charge in [0.25, 0.3) is 0 Å². The SMILES string of the molecule is CCCCCCCCCCCCCCCCCC(=O)OCCN(CCOC(=O)CCCCCCCCCCCCCCCCC)CCN(CCOC(=O)CCCCCCCCCCCCCCCCC)CCOC(=O)CCCCCCCCCCCCCCCCC. The van der Waals surface area contributed by atoms with Crippen molar-refractivity contribution in [2.75, 3.05) is 65.7 Å². The molecule has 10 nitrogen and oxygen atoms in total. The molecule has 0 fully saturated rings. The Hall–Kier alpha value is -2.20. The minimum atomic E-state index is -0.145. The molecule has 92 heavy (non-hydrogen) atoms. The van der Waals surface area contributed by atoms with E-state index < -0.39 is 0 Å². The lowest BCUT2D eigenvalue weighted by atomic mass is 10.0. The van der Waals surface area contributed by atoms with E-state index in [0.717, 1.165) is 51.4 Å². The van der Waals surface area contributed by atoms with Gasteiger partial charge in [0.2, 0.25) is 0 Å². The van der Waals surface area contributed by atoms with Crippen molar-refractivity contribution in [3.63, 3.8) is 0 Å². The Morgan fingerprint density at radius 2 is 0.293 bits per heavy atom. The highest BCUT2D eigenvalue weighted by Gasteiger charge is 2.15. The van der Waals surface area contributed by atoms with Crippen LogP contribution in [0.5, 0.6) is 0 Å². The molecular weight excluding hydrogens is 1140 g/mol. The first kappa shape index (κ1) is 89.8. The van der Waals surface area contributed by atoms with E-state index in [9.17, 15) is 19.2 Å². The molecule has 0 bridgehead atoms. The minimum Gasteiger partial charge on any atom is -0.464 e. The Morgan fingerprint density at radius 3 is 0.424 bits per heavy atom. The minimum absolute atomic E-state index is 0.145. The summed E-state index contributed by atoms with van der Waals surface area (Å²) in [4.78, 5) is 56.2. The molecule has 0 aromatic rings. The molecule has 0 rings (SSSR count). The van der Waals surface area contributed by atoms with Crippen LogP contribution >= 0.6 is 0 Å². The number of nitrogens with zero attached hydrogens (tertiary/aromatic N) is 2. The summed E-state index contributed by atoms with van der Waals surface area (Å²) in [5, 5.41) is 0. The third-order valence-corrected chi connectivity index (χ3v) is 19.4. The first-order valence-electron chi connectivity index (χ1n) is 41.4. The van der Waals surface area contributed by atoms with Crippen molar-refractivity contribution in [1.82, 2.24) is 9.80 Å². The zero-order valence-corrected chi connectivity index (χ0v) is 62.5. The van der Waals surface area contributed by atoms with Crippen molar-refractivity contribution in [3.8, 4) is 0 Å². The number of hydrogen-bond donors (Lipinski definition) is 0. The molecular formula is C82H160N2O8. The molecule has 0 aliphatic carbocycles. The molecule has 0 aliphatic rings. The van der Waals surface area contributed by atoms with Crippen molar-refractivity contribution in [3.05, 3.63) is 0 Å². The van der Waals surface area contributed by atoms with E-state index in [0.29, 0.717) is 65.0 Å². The van der Waals surface area contributed by atoms with Crippen molar-refractivity contribution in [1.29, 1.82) is 0 Å². The highest BCUT2D eigenvalue weighted by molar-refractivity contribution is 5.70. The predicted molar refractivity (Wildman–Crippen MR) is 395 cm³/mol. The molecule has 0 saturated heterocycles. The maximum atomic E-state index is 13.0. The summed E-state index contributed by atoms with van der Waals surface area (Å²) in [6.07, 6.45) is 79.2. The van der Waals surface area contributed by atoms with Crippen LogP contribution in [0.2, 0.25) is 0 Å². The second-order valence-corrected chi connectivity index (χ2v) is 28.4. The van der Waals surface area contributed by atoms with Crippen LogP contribution < -0.4 is 0 Å². The summed E-state index contributed by atoms with van der Waals surface area (Å²) < 4.78 is 23.3. The topological polar surface area (TPSA) is 112 Å². The fourth-order valence-corrected chi connectivity index (χ4v) is 13.0. The summed E-state index contributed by atoms with van der Waals surface area (Å²) in [6.45, 7) is 13.6. The first-order chi connectivity index (χ1) is 45.4. The average Bonchev–Trinajstić information content (AvgIpc) is 3.75. The zero-order chi connectivity index (χ0) is 66.6. The van der Waals surface area contributed by atoms with Gasteiger partial charge in [0.15, 0.2) is 0 Å². The van der Waals surface area contributed by atoms with Gasteiger partial charge in [-0.25, -0.2) is 0 Å². The Labute approximate surface area is 573 Å². The van der Waals surface area contributed by atoms with Crippen LogP contribution in [0.3, 0.4) is 0 Å². The smallest absolute Gasteiger partial charge is 0.305 e. The standard InChI is InChI=1S/C82H160N2O8/c1-5-9-13-17-21-25-29-33-37-41-45-49-53-57-61-65-79(85)89-75-71-83(72-76-90-80(86)66-62-58-54-50-46-42-38-34-30-26-22-18-14-10-6-2)69-70-84(73-77-91-81(87)67-63-59-55-51-47-43-39-35-31-27-23-19-15-11-7-3)74-78-92-82(88)68-64-60-56-52-48-44-40-36-32-28-24-20-16-12-8-4/h5-78H2,1-4H3. The Balaban J connectivity index is 5.22. The molecule has 0 unspecified atom stereocenters. The fourth-order valence-electron chi connectivity index (χ4n) is 13.0. The summed E-state index contributed by atoms with van der Waals surface area (Å²) in [6, 6.07) is 0. The van der Waals surface area contributed by atoms with Gasteiger partial charge in [0.05, 0.1) is 0 Å². The van der Waals surface area contributed by atoms with Gasteiger partial charge in [-0.05, 0) is 25.7 Å². The van der Waals surface area contributed by atoms with Crippen LogP contribution in [0.25, 0.3) is 0 Å². The van der Waals surface area contributed by atoms with Gasteiger partial charge in [-0.15, -0.1) is 0 Å². The van der Waals surface area contributed by atoms with E-state index in [1.54, 1.807) is 0 Å². The molecule has 546 valence electrons. The average molecular weight is 1300 g/mol. The largest absolute Gasteiger partial charge is 0.464 e. The van der Waals surface area contributed by atoms with Gasteiger partial charge in [-0.1, -0.05) is 387 Å². The van der Waals surface area contributed by atoms with Crippen LogP contribution in [0.4, 0.5) is 0 Å². The van der Waals surface area contributed by atoms with E-state index in [1.807, 2.05) is 0 Å². The molecule has 0 aromatic carbocycles. The molecule has 0 radical (unpaired) electrons. The highest BCUT2D eigenvalue weighted by Crippen LogP contribution is 2.19. The lowest BCUT2D eigenvalue weighted by molar-refractivity contribution is -0.146. The van der Waals surface area contributed by atoms with Crippen molar-refractivity contribution < 1.29 is 38.1 Å². The molecule has 0 atom stereocenters. The van der Waals surface area contributed by atoms with Crippen molar-refractivity contribution >= 4 is 23.9 Å². The molecule has 10 heteroatoms. The number of rotatable bonds is 79. The lowest BCUT2D eigenvalue weighted by Crippen LogP contribution is -2.41. The molecule has 0 amide bonds. The highest BCUT2D eigenvalue weighted by atomic mass is 16.5. The van der Waals surface area contributed by atoms with E-state index >= 15 is 0 Å². The molecule has 0 aliphatic heterocycles. The van der Waals surface area contributed by atoms with Gasteiger partial charge >= 0.3 is 23.9 Å². The monoisotopic (exact) mass is 1300 g/mol. The zero-order valence-electron chi connectivity index (χ0n) is 62.5. The summed E-state index contributed by atoms with van der Waals surface area (Å²) in [5.74, 6) is -0.580. The normalized spacial score (nSPS) is 11.6. The molecule has 0 saturated carbocycles. The number of hydrogen-bond acceptors (Lipinski definition) is 10. The predicted octanol–water partition coefficient (Wildman–Crippen LogP) is 24.8. The van der Waals surface area contributed by atoms with Gasteiger partial charge in [-0.2, -0.15) is 0 Å². The van der Waals surface area contributed by atoms with E-state index in [1.165, 1.54) is 334 Å². The molecule has 0 heterocycles. The number of ether oxygens (including phenoxy) is 4. The quantitative estimate of drug-likeness (QED) is 0.0331. The summed E-state index contributed by atoms with van der Waals surface area (Å²) in [5.41, 5.74) is 0. The maximum absolute atomic E-state index is 13.0. The van der Waals surface area contributed by atoms with Crippen molar-refractivity contribution in [2.45, 2.75) is 439 Å². The third-order valence-electron chi connectivity index (χ3n) is 19.4. The molecule has 0 spiro atoms. The van der Waals surface area contributed by atoms with Crippen LogP contribution in [0.15, 0.2) is 0 Å². The summed E-state index contributed by atoms with van der Waals surface area (Å²) in [7, 11) is 0. The van der Waals surface area contributed by atoms with Gasteiger partial charge in [0, 0.05) is 65.0 Å². The molecule has 0 aromatic heterocycles. The molecule has 0 N–H and O–H groups in total. The number of unbranched alkanes of at least 4 members (excludes halogenated alkanes) is 56. The van der Waals surface area contributed by atoms with Gasteiger partial charge < -0.3 is 18.9 Å². The number of esters is 4.